The van der Waals surface area contributed by atoms with Gasteiger partial charge in [-0.25, -0.2) is 9.18 Å². The van der Waals surface area contributed by atoms with Crippen LogP contribution < -0.4 is 15.7 Å². The molecule has 11 heteroatoms. The van der Waals surface area contributed by atoms with Crippen molar-refractivity contribution in [3.05, 3.63) is 69.7 Å². The van der Waals surface area contributed by atoms with E-state index in [-0.39, 0.29) is 23.1 Å². The van der Waals surface area contributed by atoms with Gasteiger partial charge < -0.3 is 10.1 Å². The van der Waals surface area contributed by atoms with Gasteiger partial charge in [0, 0.05) is 19.5 Å². The Hall–Kier alpha value is -3.63. The summed E-state index contributed by atoms with van der Waals surface area (Å²) in [6, 6.07) is 6.48. The van der Waals surface area contributed by atoms with E-state index in [0.29, 0.717) is 18.7 Å². The average Bonchev–Trinajstić information content (AvgIpc) is 3.08. The van der Waals surface area contributed by atoms with E-state index in [1.54, 1.807) is 13.8 Å². The van der Waals surface area contributed by atoms with Gasteiger partial charge >= 0.3 is 11.9 Å². The zero-order valence-corrected chi connectivity index (χ0v) is 19.7. The number of aryl methyl sites for hydroxylation is 1. The first-order valence-corrected chi connectivity index (χ1v) is 11.1. The van der Waals surface area contributed by atoms with Gasteiger partial charge in [-0.2, -0.15) is 17.9 Å². The molecule has 1 amide bonds. The Bertz CT molecular complexity index is 1280. The van der Waals surface area contributed by atoms with Gasteiger partial charge in [0.2, 0.25) is 0 Å². The lowest BCUT2D eigenvalue weighted by Crippen LogP contribution is -2.24. The predicted octanol–water partition coefficient (Wildman–Crippen LogP) is 5.11. The number of carbonyl (C=O) groups excluding carboxylic acids is 1. The fourth-order valence-corrected chi connectivity index (χ4v) is 3.63. The van der Waals surface area contributed by atoms with Gasteiger partial charge in [-0.05, 0) is 31.5 Å². The number of alkyl halides is 3. The normalized spacial score (nSPS) is 12.5. The standard InChI is InChI=1S/C24H26F4N4O3/c1-5-9-14(3)35-20-13-19(32-23(34)31(4)21(6-2)30-32)17(25)12-15(20)22(33)29-18-11-8-7-10-16(18)24(26,27)28/h7-8,10-14H,5-6,9H2,1-4H3,(H,29,33)/t14-/m0/s1. The highest BCUT2D eigenvalue weighted by atomic mass is 19.4. The number of carbonyl (C=O) groups is 1. The second-order valence-corrected chi connectivity index (χ2v) is 8.04. The van der Waals surface area contributed by atoms with Crippen LogP contribution in [-0.4, -0.2) is 26.4 Å². The summed E-state index contributed by atoms with van der Waals surface area (Å²) < 4.78 is 63.3. The number of benzene rings is 2. The summed E-state index contributed by atoms with van der Waals surface area (Å²) in [7, 11) is 1.50. The van der Waals surface area contributed by atoms with Gasteiger partial charge in [-0.1, -0.05) is 32.4 Å². The predicted molar refractivity (Wildman–Crippen MR) is 123 cm³/mol. The fourth-order valence-electron chi connectivity index (χ4n) is 3.63. The van der Waals surface area contributed by atoms with Crippen molar-refractivity contribution in [2.75, 3.05) is 5.32 Å². The second kappa shape index (κ2) is 10.3. The second-order valence-electron chi connectivity index (χ2n) is 8.04. The van der Waals surface area contributed by atoms with Crippen LogP contribution in [0.1, 0.15) is 55.4 Å². The summed E-state index contributed by atoms with van der Waals surface area (Å²) in [5.74, 6) is -1.62. The van der Waals surface area contributed by atoms with Gasteiger partial charge in [-0.15, -0.1) is 5.10 Å². The largest absolute Gasteiger partial charge is 0.490 e. The first-order chi connectivity index (χ1) is 16.5. The monoisotopic (exact) mass is 494 g/mol. The van der Waals surface area contributed by atoms with Crippen molar-refractivity contribution in [3.63, 3.8) is 0 Å². The highest BCUT2D eigenvalue weighted by Gasteiger charge is 2.34. The molecule has 0 spiro atoms. The number of amides is 1. The SMILES string of the molecule is CCC[C@H](C)Oc1cc(-n2nc(CC)n(C)c2=O)c(F)cc1C(=O)Nc1ccccc1C(F)(F)F. The molecule has 0 radical (unpaired) electrons. The van der Waals surface area contributed by atoms with Crippen LogP contribution in [-0.2, 0) is 19.6 Å². The quantitative estimate of drug-likeness (QED) is 0.442. The highest BCUT2D eigenvalue weighted by Crippen LogP contribution is 2.35. The van der Waals surface area contributed by atoms with Crippen LogP contribution in [0.5, 0.6) is 5.75 Å². The maximum atomic E-state index is 15.2. The molecule has 0 aliphatic heterocycles. The molecule has 1 heterocycles. The number of para-hydroxylation sites is 1. The summed E-state index contributed by atoms with van der Waals surface area (Å²) >= 11 is 0. The van der Waals surface area contributed by atoms with Crippen LogP contribution >= 0.6 is 0 Å². The van der Waals surface area contributed by atoms with Crippen LogP contribution in [0.3, 0.4) is 0 Å². The maximum Gasteiger partial charge on any atom is 0.418 e. The summed E-state index contributed by atoms with van der Waals surface area (Å²) in [4.78, 5) is 25.6. The zero-order chi connectivity index (χ0) is 25.9. The molecule has 0 saturated carbocycles. The average molecular weight is 494 g/mol. The van der Waals surface area contributed by atoms with Crippen molar-refractivity contribution < 1.29 is 27.1 Å². The molecule has 0 saturated heterocycles. The van der Waals surface area contributed by atoms with Crippen molar-refractivity contribution >= 4 is 11.6 Å². The number of aromatic nitrogens is 3. The Morgan fingerprint density at radius 2 is 1.89 bits per heavy atom. The third-order valence-corrected chi connectivity index (χ3v) is 5.41. The van der Waals surface area contributed by atoms with Crippen LogP contribution in [0, 0.1) is 5.82 Å². The summed E-state index contributed by atoms with van der Waals surface area (Å²) in [5.41, 5.74) is -2.67. The van der Waals surface area contributed by atoms with E-state index in [0.717, 1.165) is 29.3 Å². The van der Waals surface area contributed by atoms with E-state index in [1.165, 1.54) is 29.8 Å². The van der Waals surface area contributed by atoms with E-state index < -0.39 is 34.8 Å². The number of halogens is 4. The number of anilines is 1. The number of nitrogens with zero attached hydrogens (tertiary/aromatic N) is 3. The minimum atomic E-state index is -4.70. The lowest BCUT2D eigenvalue weighted by molar-refractivity contribution is -0.136. The maximum absolute atomic E-state index is 15.2. The summed E-state index contributed by atoms with van der Waals surface area (Å²) in [5, 5.41) is 6.35. The van der Waals surface area contributed by atoms with Gasteiger partial charge in [0.15, 0.2) is 0 Å². The Kier molecular flexibility index (Phi) is 7.67. The summed E-state index contributed by atoms with van der Waals surface area (Å²) in [6.07, 6.45) is -3.30. The molecule has 1 aromatic heterocycles. The molecule has 0 aliphatic rings. The van der Waals surface area contributed by atoms with E-state index in [2.05, 4.69) is 10.4 Å². The Labute approximate surface area is 199 Å². The minimum Gasteiger partial charge on any atom is -0.490 e. The summed E-state index contributed by atoms with van der Waals surface area (Å²) in [6.45, 7) is 5.46. The van der Waals surface area contributed by atoms with Crippen LogP contribution in [0.2, 0.25) is 0 Å². The molecular weight excluding hydrogens is 468 g/mol. The lowest BCUT2D eigenvalue weighted by atomic mass is 10.1. The van der Waals surface area contributed by atoms with Crippen LogP contribution in [0.25, 0.3) is 5.69 Å². The van der Waals surface area contributed by atoms with Crippen molar-refractivity contribution in [1.82, 2.24) is 14.3 Å². The van der Waals surface area contributed by atoms with Gasteiger partial charge in [0.05, 0.1) is 22.9 Å². The fraction of sp³-hybridized carbons (Fsp3) is 0.375. The van der Waals surface area contributed by atoms with Gasteiger partial charge in [0.25, 0.3) is 5.91 Å². The molecule has 2 aromatic carbocycles. The molecule has 35 heavy (non-hydrogen) atoms. The number of hydrogen-bond donors (Lipinski definition) is 1. The lowest BCUT2D eigenvalue weighted by Gasteiger charge is -2.19. The van der Waals surface area contributed by atoms with Gasteiger partial charge in [0.1, 0.15) is 23.1 Å². The molecule has 0 bridgehead atoms. The number of ether oxygens (including phenoxy) is 1. The Morgan fingerprint density at radius 3 is 2.49 bits per heavy atom. The van der Waals surface area contributed by atoms with Crippen LogP contribution in [0.4, 0.5) is 23.2 Å². The van der Waals surface area contributed by atoms with Crippen LogP contribution in [0.15, 0.2) is 41.2 Å². The molecular formula is C24H26F4N4O3. The number of hydrogen-bond acceptors (Lipinski definition) is 4. The van der Waals surface area contributed by atoms with Crippen molar-refractivity contribution in [2.45, 2.75) is 52.3 Å². The molecule has 0 unspecified atom stereocenters. The van der Waals surface area contributed by atoms with E-state index >= 15 is 4.39 Å². The van der Waals surface area contributed by atoms with E-state index in [9.17, 15) is 22.8 Å². The molecule has 0 aliphatic carbocycles. The van der Waals surface area contributed by atoms with Crippen molar-refractivity contribution in [2.24, 2.45) is 7.05 Å². The van der Waals surface area contributed by atoms with E-state index in [1.807, 2.05) is 6.92 Å². The molecule has 7 nitrogen and oxygen atoms in total. The first kappa shape index (κ1) is 26.0. The molecule has 3 aromatic rings. The molecule has 1 atom stereocenters. The van der Waals surface area contributed by atoms with E-state index in [4.69, 9.17) is 4.74 Å². The third-order valence-electron chi connectivity index (χ3n) is 5.41. The topological polar surface area (TPSA) is 78.2 Å². The highest BCUT2D eigenvalue weighted by molar-refractivity contribution is 6.06. The zero-order valence-electron chi connectivity index (χ0n) is 19.7. The molecule has 1 N–H and O–H groups in total. The Morgan fingerprint density at radius 1 is 1.20 bits per heavy atom. The smallest absolute Gasteiger partial charge is 0.418 e. The third kappa shape index (κ3) is 5.55. The molecule has 0 fully saturated rings. The van der Waals surface area contributed by atoms with Gasteiger partial charge in [-0.3, -0.25) is 9.36 Å². The Balaban J connectivity index is 2.10. The molecule has 188 valence electrons. The van der Waals surface area contributed by atoms with Crippen molar-refractivity contribution in [3.8, 4) is 11.4 Å². The molecule has 3 rings (SSSR count). The number of rotatable bonds is 8. The minimum absolute atomic E-state index is 0.0834. The first-order valence-electron chi connectivity index (χ1n) is 11.1. The van der Waals surface area contributed by atoms with Crippen molar-refractivity contribution in [1.29, 1.82) is 0 Å². The number of nitrogens with one attached hydrogen (secondary N) is 1.